The van der Waals surface area contributed by atoms with Gasteiger partial charge in [0, 0.05) is 12.7 Å². The third-order valence-electron chi connectivity index (χ3n) is 3.73. The van der Waals surface area contributed by atoms with Gasteiger partial charge in [0.15, 0.2) is 5.13 Å². The van der Waals surface area contributed by atoms with Gasteiger partial charge in [0.25, 0.3) is 5.91 Å². The van der Waals surface area contributed by atoms with E-state index in [-0.39, 0.29) is 12.1 Å². The highest BCUT2D eigenvalue weighted by atomic mass is 35.5. The molecule has 1 amide bonds. The fourth-order valence-electron chi connectivity index (χ4n) is 2.43. The molecule has 5 nitrogen and oxygen atoms in total. The largest absolute Gasteiger partial charge is 0.416 e. The van der Waals surface area contributed by atoms with Crippen molar-refractivity contribution in [3.63, 3.8) is 0 Å². The van der Waals surface area contributed by atoms with Crippen LogP contribution in [0.3, 0.4) is 0 Å². The molecule has 0 saturated carbocycles. The van der Waals surface area contributed by atoms with Gasteiger partial charge in [0.2, 0.25) is 0 Å². The van der Waals surface area contributed by atoms with E-state index in [2.05, 4.69) is 20.6 Å². The summed E-state index contributed by atoms with van der Waals surface area (Å²) in [6.45, 7) is 1.41. The first kappa shape index (κ1) is 20.1. The van der Waals surface area contributed by atoms with Crippen molar-refractivity contribution in [2.75, 3.05) is 5.32 Å². The summed E-state index contributed by atoms with van der Waals surface area (Å²) in [5.74, 6) is 0.00769. The van der Waals surface area contributed by atoms with Crippen LogP contribution in [0.2, 0.25) is 5.02 Å². The zero-order valence-electron chi connectivity index (χ0n) is 14.5. The summed E-state index contributed by atoms with van der Waals surface area (Å²) < 4.78 is 39.2. The average Bonchev–Trinajstić information content (AvgIpc) is 3.01. The van der Waals surface area contributed by atoms with Gasteiger partial charge in [-0.3, -0.25) is 4.79 Å². The number of amides is 1. The molecule has 0 aliphatic heterocycles. The van der Waals surface area contributed by atoms with Crippen LogP contribution in [0.25, 0.3) is 0 Å². The molecule has 0 aliphatic carbocycles. The lowest BCUT2D eigenvalue weighted by Gasteiger charge is -2.13. The molecule has 0 spiro atoms. The number of halogens is 4. The number of alkyl halides is 3. The fraction of sp³-hybridized carbons (Fsp3) is 0.167. The number of carbonyl (C=O) groups is 1. The Kier molecular flexibility index (Phi) is 5.85. The third kappa shape index (κ3) is 4.79. The van der Waals surface area contributed by atoms with Crippen LogP contribution in [0.5, 0.6) is 0 Å². The smallest absolute Gasteiger partial charge is 0.347 e. The van der Waals surface area contributed by atoms with E-state index in [1.807, 2.05) is 0 Å². The molecule has 3 rings (SSSR count). The average molecular weight is 427 g/mol. The van der Waals surface area contributed by atoms with Crippen molar-refractivity contribution in [3.05, 3.63) is 69.3 Å². The lowest BCUT2D eigenvalue weighted by atomic mass is 10.1. The number of nitrogens with one attached hydrogen (secondary N) is 2. The van der Waals surface area contributed by atoms with Gasteiger partial charge in [0.05, 0.1) is 16.3 Å². The number of rotatable bonds is 5. The number of benzene rings is 1. The first-order valence-electron chi connectivity index (χ1n) is 8.03. The van der Waals surface area contributed by atoms with E-state index in [4.69, 9.17) is 11.6 Å². The van der Waals surface area contributed by atoms with Gasteiger partial charge in [-0.05, 0) is 30.7 Å². The number of aromatic nitrogens is 2. The van der Waals surface area contributed by atoms with Crippen molar-refractivity contribution >= 4 is 39.8 Å². The van der Waals surface area contributed by atoms with Crippen LogP contribution in [-0.2, 0) is 12.7 Å². The Morgan fingerprint density at radius 3 is 2.64 bits per heavy atom. The molecule has 0 saturated heterocycles. The van der Waals surface area contributed by atoms with Crippen LogP contribution in [0.1, 0.15) is 26.5 Å². The van der Waals surface area contributed by atoms with Crippen molar-refractivity contribution in [1.82, 2.24) is 15.3 Å². The maximum absolute atomic E-state index is 13.1. The summed E-state index contributed by atoms with van der Waals surface area (Å²) in [5, 5.41) is 6.41. The molecule has 146 valence electrons. The molecule has 2 N–H and O–H groups in total. The van der Waals surface area contributed by atoms with Crippen LogP contribution in [-0.4, -0.2) is 15.9 Å². The van der Waals surface area contributed by atoms with Crippen molar-refractivity contribution in [2.45, 2.75) is 19.6 Å². The summed E-state index contributed by atoms with van der Waals surface area (Å²) in [6.07, 6.45) is -3.01. The molecule has 28 heavy (non-hydrogen) atoms. The van der Waals surface area contributed by atoms with E-state index in [1.54, 1.807) is 19.1 Å². The summed E-state index contributed by atoms with van der Waals surface area (Å²) in [4.78, 5) is 21.1. The van der Waals surface area contributed by atoms with Crippen molar-refractivity contribution < 1.29 is 18.0 Å². The minimum atomic E-state index is -4.48. The quantitative estimate of drug-likeness (QED) is 0.589. The predicted molar refractivity (Wildman–Crippen MR) is 102 cm³/mol. The third-order valence-corrected chi connectivity index (χ3v) is 5.02. The maximum Gasteiger partial charge on any atom is 0.416 e. The zero-order valence-corrected chi connectivity index (χ0v) is 16.0. The number of hydrogen-bond acceptors (Lipinski definition) is 5. The van der Waals surface area contributed by atoms with Crippen LogP contribution in [0.4, 0.5) is 24.1 Å². The molecular weight excluding hydrogens is 413 g/mol. The van der Waals surface area contributed by atoms with E-state index in [0.29, 0.717) is 26.5 Å². The van der Waals surface area contributed by atoms with E-state index >= 15 is 0 Å². The van der Waals surface area contributed by atoms with E-state index in [1.165, 1.54) is 24.4 Å². The topological polar surface area (TPSA) is 66.9 Å². The van der Waals surface area contributed by atoms with E-state index in [0.717, 1.165) is 17.4 Å². The summed E-state index contributed by atoms with van der Waals surface area (Å²) in [6, 6.07) is 8.44. The molecule has 0 aliphatic rings. The first-order valence-corrected chi connectivity index (χ1v) is 9.23. The van der Waals surface area contributed by atoms with Gasteiger partial charge in [0.1, 0.15) is 10.7 Å². The SMILES string of the molecule is Cc1nc(Nc2ccc(Cl)cn2)sc1C(=O)NCc1ccccc1C(F)(F)F. The first-order chi connectivity index (χ1) is 13.2. The van der Waals surface area contributed by atoms with Crippen molar-refractivity contribution in [1.29, 1.82) is 0 Å². The van der Waals surface area contributed by atoms with Gasteiger partial charge in [-0.2, -0.15) is 13.2 Å². The van der Waals surface area contributed by atoms with Gasteiger partial charge in [-0.15, -0.1) is 0 Å². The fourth-order valence-corrected chi connectivity index (χ4v) is 3.43. The molecule has 0 fully saturated rings. The Balaban J connectivity index is 1.70. The second-order valence-corrected chi connectivity index (χ2v) is 7.19. The Bertz CT molecular complexity index is 989. The Labute approximate surface area is 167 Å². The molecule has 2 aromatic heterocycles. The van der Waals surface area contributed by atoms with Gasteiger partial charge < -0.3 is 10.6 Å². The number of carbonyl (C=O) groups excluding carboxylic acids is 1. The lowest BCUT2D eigenvalue weighted by molar-refractivity contribution is -0.138. The number of nitrogens with zero attached hydrogens (tertiary/aromatic N) is 2. The van der Waals surface area contributed by atoms with Gasteiger partial charge >= 0.3 is 6.18 Å². The molecule has 3 aromatic rings. The van der Waals surface area contributed by atoms with Gasteiger partial charge in [-0.1, -0.05) is 41.1 Å². The molecule has 10 heteroatoms. The maximum atomic E-state index is 13.1. The number of hydrogen-bond donors (Lipinski definition) is 2. The van der Waals surface area contributed by atoms with Crippen LogP contribution in [0.15, 0.2) is 42.6 Å². The van der Waals surface area contributed by atoms with E-state index in [9.17, 15) is 18.0 Å². The number of pyridine rings is 1. The minimum Gasteiger partial charge on any atom is -0.347 e. The molecule has 2 heterocycles. The van der Waals surface area contributed by atoms with Crippen molar-refractivity contribution in [3.8, 4) is 0 Å². The highest BCUT2D eigenvalue weighted by molar-refractivity contribution is 7.17. The standard InChI is InChI=1S/C18H14ClF3N4OS/c1-10-15(28-17(25-10)26-14-7-6-12(19)9-23-14)16(27)24-8-11-4-2-3-5-13(11)18(20,21)22/h2-7,9H,8H2,1H3,(H,24,27)(H,23,25,26). The second kappa shape index (κ2) is 8.15. The van der Waals surface area contributed by atoms with Crippen LogP contribution >= 0.6 is 22.9 Å². The second-order valence-electron chi connectivity index (χ2n) is 5.76. The van der Waals surface area contributed by atoms with E-state index < -0.39 is 17.6 Å². The highest BCUT2D eigenvalue weighted by Crippen LogP contribution is 2.32. The summed E-state index contributed by atoms with van der Waals surface area (Å²) in [5.41, 5.74) is -0.315. The number of thiazole rings is 1. The Hall–Kier alpha value is -2.65. The molecule has 0 radical (unpaired) electrons. The normalized spacial score (nSPS) is 11.3. The molecular formula is C18H14ClF3N4OS. The zero-order chi connectivity index (χ0) is 20.3. The Morgan fingerprint density at radius 2 is 1.96 bits per heavy atom. The van der Waals surface area contributed by atoms with Gasteiger partial charge in [-0.25, -0.2) is 9.97 Å². The lowest BCUT2D eigenvalue weighted by Crippen LogP contribution is -2.24. The predicted octanol–water partition coefficient (Wildman–Crippen LogP) is 5.19. The summed E-state index contributed by atoms with van der Waals surface area (Å²) in [7, 11) is 0. The molecule has 1 aromatic carbocycles. The highest BCUT2D eigenvalue weighted by Gasteiger charge is 2.32. The minimum absolute atomic E-state index is 0.00534. The Morgan fingerprint density at radius 1 is 1.21 bits per heavy atom. The molecule has 0 atom stereocenters. The molecule has 0 bridgehead atoms. The molecule has 0 unspecified atom stereocenters. The summed E-state index contributed by atoms with van der Waals surface area (Å²) >= 11 is 6.87. The van der Waals surface area contributed by atoms with Crippen LogP contribution in [0, 0.1) is 6.92 Å². The number of anilines is 2. The monoisotopic (exact) mass is 426 g/mol. The van der Waals surface area contributed by atoms with Crippen molar-refractivity contribution in [2.24, 2.45) is 0 Å². The number of aryl methyl sites for hydroxylation is 1. The van der Waals surface area contributed by atoms with Crippen LogP contribution < -0.4 is 10.6 Å².